The number of halogens is 1. The third-order valence-electron chi connectivity index (χ3n) is 4.44. The van der Waals surface area contributed by atoms with Crippen molar-refractivity contribution in [2.24, 2.45) is 0 Å². The molecule has 1 N–H and O–H groups in total. The van der Waals surface area contributed by atoms with Crippen LogP contribution in [0.5, 0.6) is 0 Å². The Balaban J connectivity index is 1.46. The van der Waals surface area contributed by atoms with Crippen LogP contribution in [0.2, 0.25) is 0 Å². The van der Waals surface area contributed by atoms with Crippen molar-refractivity contribution in [1.82, 2.24) is 20.1 Å². The first-order chi connectivity index (χ1) is 14.7. The van der Waals surface area contributed by atoms with E-state index in [0.717, 1.165) is 27.7 Å². The normalized spacial score (nSPS) is 12.1. The van der Waals surface area contributed by atoms with Gasteiger partial charge in [0.25, 0.3) is 0 Å². The molecule has 154 valence electrons. The number of nitrogens with one attached hydrogen (secondary N) is 1. The summed E-state index contributed by atoms with van der Waals surface area (Å²) in [7, 11) is 0. The lowest BCUT2D eigenvalue weighted by Crippen LogP contribution is -2.30. The first-order valence-corrected chi connectivity index (χ1v) is 12.1. The summed E-state index contributed by atoms with van der Waals surface area (Å²) in [4.78, 5) is 14.8. The molecule has 4 aromatic rings. The van der Waals surface area contributed by atoms with Crippen molar-refractivity contribution in [3.63, 3.8) is 0 Å². The number of hydrogen-bond donors (Lipinski definition) is 1. The second kappa shape index (κ2) is 9.55. The highest BCUT2D eigenvalue weighted by Gasteiger charge is 2.20. The Morgan fingerprint density at radius 3 is 2.57 bits per heavy atom. The summed E-state index contributed by atoms with van der Waals surface area (Å²) in [5, 5.41) is 16.3. The van der Waals surface area contributed by atoms with Gasteiger partial charge in [-0.3, -0.25) is 4.79 Å². The lowest BCUT2D eigenvalue weighted by Gasteiger charge is -2.18. The van der Waals surface area contributed by atoms with Crippen molar-refractivity contribution in [2.75, 3.05) is 5.75 Å². The quantitative estimate of drug-likeness (QED) is 0.368. The van der Waals surface area contributed by atoms with Crippen LogP contribution in [0.25, 0.3) is 10.7 Å². The molecule has 0 fully saturated rings. The molecule has 3 heterocycles. The van der Waals surface area contributed by atoms with Crippen molar-refractivity contribution in [1.29, 1.82) is 0 Å². The fourth-order valence-corrected chi connectivity index (χ4v) is 5.36. The van der Waals surface area contributed by atoms with Gasteiger partial charge in [0.05, 0.1) is 16.7 Å². The molecule has 0 aliphatic rings. The number of amides is 1. The Kier molecular flexibility index (Phi) is 6.61. The van der Waals surface area contributed by atoms with Crippen LogP contribution < -0.4 is 5.32 Å². The van der Waals surface area contributed by atoms with Gasteiger partial charge in [0.15, 0.2) is 11.0 Å². The number of hydrogen-bond acceptors (Lipinski definition) is 6. The highest BCUT2D eigenvalue weighted by molar-refractivity contribution is 7.99. The molecule has 0 saturated heterocycles. The molecule has 30 heavy (non-hydrogen) atoms. The molecular formula is C21H19FN4OS3. The molecule has 0 aliphatic carbocycles. The van der Waals surface area contributed by atoms with Gasteiger partial charge in [0.1, 0.15) is 5.82 Å². The predicted octanol–water partition coefficient (Wildman–Crippen LogP) is 5.23. The minimum Gasteiger partial charge on any atom is -0.344 e. The maximum absolute atomic E-state index is 13.3. The summed E-state index contributed by atoms with van der Waals surface area (Å²) in [5.74, 6) is 0.612. The van der Waals surface area contributed by atoms with E-state index in [1.54, 1.807) is 34.8 Å². The van der Waals surface area contributed by atoms with Crippen molar-refractivity contribution in [3.8, 4) is 10.7 Å². The summed E-state index contributed by atoms with van der Waals surface area (Å²) >= 11 is 4.53. The van der Waals surface area contributed by atoms with E-state index in [9.17, 15) is 9.18 Å². The first-order valence-electron chi connectivity index (χ1n) is 9.33. The third kappa shape index (κ3) is 4.63. The van der Waals surface area contributed by atoms with E-state index in [1.165, 1.54) is 23.9 Å². The van der Waals surface area contributed by atoms with Crippen LogP contribution in [-0.4, -0.2) is 26.4 Å². The Bertz CT molecular complexity index is 1090. The monoisotopic (exact) mass is 458 g/mol. The molecule has 0 bridgehead atoms. The average molecular weight is 459 g/mol. The number of benzene rings is 1. The van der Waals surface area contributed by atoms with Crippen LogP contribution in [0.3, 0.4) is 0 Å². The molecule has 0 aliphatic heterocycles. The number of thioether (sulfide) groups is 1. The van der Waals surface area contributed by atoms with Gasteiger partial charge >= 0.3 is 0 Å². The lowest BCUT2D eigenvalue weighted by molar-refractivity contribution is -0.119. The summed E-state index contributed by atoms with van der Waals surface area (Å²) in [6.45, 7) is 2.75. The number of carbonyl (C=O) groups is 1. The van der Waals surface area contributed by atoms with Crippen molar-refractivity contribution >= 4 is 40.3 Å². The fourth-order valence-electron chi connectivity index (χ4n) is 3.03. The topological polar surface area (TPSA) is 59.8 Å². The maximum atomic E-state index is 13.3. The third-order valence-corrected chi connectivity index (χ3v) is 7.21. The van der Waals surface area contributed by atoms with Gasteiger partial charge in [-0.1, -0.05) is 36.0 Å². The number of thiophene rings is 2. The molecule has 9 heteroatoms. The predicted molar refractivity (Wildman–Crippen MR) is 120 cm³/mol. The summed E-state index contributed by atoms with van der Waals surface area (Å²) in [6, 6.07) is 13.8. The fraction of sp³-hybridized carbons (Fsp3) is 0.190. The van der Waals surface area contributed by atoms with Crippen LogP contribution in [0, 0.1) is 5.82 Å². The summed E-state index contributed by atoms with van der Waals surface area (Å²) in [6.07, 6.45) is 0. The maximum Gasteiger partial charge on any atom is 0.231 e. The zero-order valence-electron chi connectivity index (χ0n) is 16.1. The zero-order chi connectivity index (χ0) is 20.9. The summed E-state index contributed by atoms with van der Waals surface area (Å²) in [5.41, 5.74) is 0.842. The molecular weight excluding hydrogens is 439 g/mol. The van der Waals surface area contributed by atoms with Gasteiger partial charge in [-0.25, -0.2) is 4.39 Å². The molecule has 5 nitrogen and oxygen atoms in total. The minimum absolute atomic E-state index is 0.119. The van der Waals surface area contributed by atoms with Gasteiger partial charge in [0, 0.05) is 11.4 Å². The number of rotatable bonds is 8. The van der Waals surface area contributed by atoms with Gasteiger partial charge in [-0.05, 0) is 47.5 Å². The average Bonchev–Trinajstić information content (AvgIpc) is 3.52. The molecule has 1 atom stereocenters. The molecule has 1 aromatic carbocycles. The molecule has 1 amide bonds. The Morgan fingerprint density at radius 1 is 1.13 bits per heavy atom. The van der Waals surface area contributed by atoms with Crippen LogP contribution in [0.1, 0.15) is 23.4 Å². The van der Waals surface area contributed by atoms with E-state index < -0.39 is 0 Å². The van der Waals surface area contributed by atoms with E-state index in [4.69, 9.17) is 0 Å². The molecule has 3 aromatic heterocycles. The minimum atomic E-state index is -0.315. The second-order valence-corrected chi connectivity index (χ2v) is 9.25. The van der Waals surface area contributed by atoms with Crippen LogP contribution in [-0.2, 0) is 11.3 Å². The van der Waals surface area contributed by atoms with Crippen LogP contribution >= 0.6 is 34.4 Å². The number of carbonyl (C=O) groups excluding carboxylic acids is 1. The Hall–Kier alpha value is -2.49. The van der Waals surface area contributed by atoms with Crippen molar-refractivity contribution in [2.45, 2.75) is 24.7 Å². The largest absolute Gasteiger partial charge is 0.344 e. The molecule has 4 rings (SSSR count). The van der Waals surface area contributed by atoms with Crippen LogP contribution in [0.4, 0.5) is 4.39 Å². The number of aromatic nitrogens is 3. The summed E-state index contributed by atoms with van der Waals surface area (Å²) < 4.78 is 15.4. The smallest absolute Gasteiger partial charge is 0.231 e. The van der Waals surface area contributed by atoms with E-state index in [1.807, 2.05) is 46.5 Å². The molecule has 0 radical (unpaired) electrons. The van der Waals surface area contributed by atoms with E-state index in [2.05, 4.69) is 15.5 Å². The first kappa shape index (κ1) is 20.8. The molecule has 0 unspecified atom stereocenters. The van der Waals surface area contributed by atoms with E-state index in [-0.39, 0.29) is 23.5 Å². The zero-order valence-corrected chi connectivity index (χ0v) is 18.6. The highest BCUT2D eigenvalue weighted by atomic mass is 32.2. The van der Waals surface area contributed by atoms with Crippen LogP contribution in [0.15, 0.2) is 64.4 Å². The SMILES string of the molecule is CCn1c(SCC(=O)N[C@H](c2ccc(F)cc2)c2cccs2)nnc1-c1cccs1. The lowest BCUT2D eigenvalue weighted by atomic mass is 10.1. The van der Waals surface area contributed by atoms with E-state index >= 15 is 0 Å². The van der Waals surface area contributed by atoms with Crippen molar-refractivity contribution < 1.29 is 9.18 Å². The standard InChI is InChI=1S/C21H19FN4OS3/c1-2-26-20(17-6-4-12-29-17)24-25-21(26)30-13-18(27)23-19(16-5-3-11-28-16)14-7-9-15(22)10-8-14/h3-12,19H,2,13H2,1H3,(H,23,27)/t19-/m1/s1. The van der Waals surface area contributed by atoms with Gasteiger partial charge in [-0.2, -0.15) is 0 Å². The van der Waals surface area contributed by atoms with Crippen molar-refractivity contribution in [3.05, 3.63) is 75.5 Å². The van der Waals surface area contributed by atoms with E-state index in [0.29, 0.717) is 5.16 Å². The van der Waals surface area contributed by atoms with Gasteiger partial charge in [0.2, 0.25) is 5.91 Å². The second-order valence-electron chi connectivity index (χ2n) is 6.38. The van der Waals surface area contributed by atoms with Gasteiger partial charge < -0.3 is 9.88 Å². The molecule has 0 saturated carbocycles. The number of nitrogens with zero attached hydrogens (tertiary/aromatic N) is 3. The Labute approximate surface area is 186 Å². The van der Waals surface area contributed by atoms with Gasteiger partial charge in [-0.15, -0.1) is 32.9 Å². The molecule has 0 spiro atoms. The Morgan fingerprint density at radius 2 is 1.90 bits per heavy atom. The highest BCUT2D eigenvalue weighted by Crippen LogP contribution is 2.28.